The number of oxazole rings is 1. The van der Waals surface area contributed by atoms with Crippen molar-refractivity contribution in [2.45, 2.75) is 44.7 Å². The van der Waals surface area contributed by atoms with Gasteiger partial charge in [-0.1, -0.05) is 12.8 Å². The van der Waals surface area contributed by atoms with E-state index >= 15 is 0 Å². The van der Waals surface area contributed by atoms with Crippen molar-refractivity contribution >= 4 is 5.97 Å². The molecule has 1 saturated carbocycles. The first kappa shape index (κ1) is 15.7. The summed E-state index contributed by atoms with van der Waals surface area (Å²) in [5, 5.41) is 9.01. The quantitative estimate of drug-likeness (QED) is 0.920. The lowest BCUT2D eigenvalue weighted by atomic mass is 9.78. The van der Waals surface area contributed by atoms with Crippen molar-refractivity contribution in [1.82, 2.24) is 4.98 Å². The van der Waals surface area contributed by atoms with E-state index in [1.807, 2.05) is 0 Å². The van der Waals surface area contributed by atoms with Crippen molar-refractivity contribution in [3.63, 3.8) is 0 Å². The van der Waals surface area contributed by atoms with Crippen LogP contribution in [0.15, 0.2) is 4.42 Å². The van der Waals surface area contributed by atoms with E-state index < -0.39 is 29.7 Å². The van der Waals surface area contributed by atoms with E-state index in [0.717, 1.165) is 0 Å². The molecule has 0 radical (unpaired) electrons. The Kier molecular flexibility index (Phi) is 4.43. The number of carboxylic acids is 1. The number of aromatic carboxylic acids is 1. The maximum absolute atomic E-state index is 13.1. The van der Waals surface area contributed by atoms with Gasteiger partial charge in [-0.3, -0.25) is 0 Å². The molecule has 1 aromatic heterocycles. The molecule has 1 heterocycles. The number of hydrogen-bond acceptors (Lipinski definition) is 4. The van der Waals surface area contributed by atoms with Gasteiger partial charge in [0.25, 0.3) is 0 Å². The Bertz CT molecular complexity index is 512. The monoisotopic (exact) mass is 307 g/mol. The molecule has 0 amide bonds. The molecule has 1 aliphatic rings. The Morgan fingerprint density at radius 1 is 1.43 bits per heavy atom. The molecule has 2 atom stereocenters. The van der Waals surface area contributed by atoms with Crippen molar-refractivity contribution in [1.29, 1.82) is 0 Å². The third-order valence-electron chi connectivity index (χ3n) is 3.59. The first-order valence-electron chi connectivity index (χ1n) is 6.78. The van der Waals surface area contributed by atoms with Gasteiger partial charge >= 0.3 is 18.1 Å². The van der Waals surface area contributed by atoms with Crippen molar-refractivity contribution in [2.75, 3.05) is 6.61 Å². The fourth-order valence-electron chi connectivity index (χ4n) is 2.66. The molecule has 1 fully saturated rings. The lowest BCUT2D eigenvalue weighted by Gasteiger charge is -2.30. The van der Waals surface area contributed by atoms with Crippen LogP contribution in [0.4, 0.5) is 13.2 Å². The highest BCUT2D eigenvalue weighted by Crippen LogP contribution is 2.46. The van der Waals surface area contributed by atoms with Gasteiger partial charge in [-0.05, 0) is 19.8 Å². The predicted octanol–water partition coefficient (Wildman–Crippen LogP) is 3.61. The Morgan fingerprint density at radius 3 is 2.67 bits per heavy atom. The smallest absolute Gasteiger partial charge is 0.392 e. The van der Waals surface area contributed by atoms with Gasteiger partial charge in [0.05, 0.1) is 12.5 Å². The fourth-order valence-corrected chi connectivity index (χ4v) is 2.66. The average molecular weight is 307 g/mol. The number of aromatic nitrogens is 1. The van der Waals surface area contributed by atoms with Gasteiger partial charge in [-0.2, -0.15) is 13.2 Å². The summed E-state index contributed by atoms with van der Waals surface area (Å²) in [5.41, 5.74) is -0.474. The summed E-state index contributed by atoms with van der Waals surface area (Å²) in [6.45, 7) is 1.76. The summed E-state index contributed by atoms with van der Waals surface area (Å²) < 4.78 is 49.4. The molecule has 1 aliphatic carbocycles. The molecule has 5 nitrogen and oxygen atoms in total. The zero-order chi connectivity index (χ0) is 15.6. The number of nitrogens with zero attached hydrogens (tertiary/aromatic N) is 1. The standard InChI is InChI=1S/C13H16F3NO4/c1-2-20-12-9(11(18)19)17-10(21-12)7-5-3-4-6-8(7)13(14,15)16/h7-8H,2-6H2,1H3,(H,18,19). The number of halogens is 3. The van der Waals surface area contributed by atoms with Crippen LogP contribution in [0.5, 0.6) is 5.95 Å². The molecule has 0 spiro atoms. The van der Waals surface area contributed by atoms with Gasteiger partial charge < -0.3 is 14.3 Å². The summed E-state index contributed by atoms with van der Waals surface area (Å²) in [6.07, 6.45) is -2.95. The molecular formula is C13H16F3NO4. The highest BCUT2D eigenvalue weighted by atomic mass is 19.4. The third-order valence-corrected chi connectivity index (χ3v) is 3.59. The fraction of sp³-hybridized carbons (Fsp3) is 0.692. The van der Waals surface area contributed by atoms with Gasteiger partial charge in [0.2, 0.25) is 11.6 Å². The van der Waals surface area contributed by atoms with Crippen molar-refractivity contribution in [3.8, 4) is 5.95 Å². The maximum atomic E-state index is 13.1. The number of alkyl halides is 3. The van der Waals surface area contributed by atoms with Crippen LogP contribution in [0.25, 0.3) is 0 Å². The van der Waals surface area contributed by atoms with Crippen LogP contribution in [0, 0.1) is 5.92 Å². The molecule has 0 saturated heterocycles. The molecule has 1 N–H and O–H groups in total. The largest absolute Gasteiger partial charge is 0.476 e. The van der Waals surface area contributed by atoms with Gasteiger partial charge in [0.15, 0.2) is 0 Å². The number of ether oxygens (including phenoxy) is 1. The minimum absolute atomic E-state index is 0.00290. The zero-order valence-corrected chi connectivity index (χ0v) is 11.4. The Morgan fingerprint density at radius 2 is 2.10 bits per heavy atom. The highest BCUT2D eigenvalue weighted by Gasteiger charge is 2.48. The zero-order valence-electron chi connectivity index (χ0n) is 11.4. The SMILES string of the molecule is CCOc1oc(C2CCCCC2C(F)(F)F)nc1C(=O)O. The number of rotatable bonds is 4. The van der Waals surface area contributed by atoms with Crippen LogP contribution in [0.3, 0.4) is 0 Å². The Labute approximate surface area is 119 Å². The molecule has 118 valence electrons. The van der Waals surface area contributed by atoms with Gasteiger partial charge in [0.1, 0.15) is 0 Å². The summed E-state index contributed by atoms with van der Waals surface area (Å²) >= 11 is 0. The molecule has 21 heavy (non-hydrogen) atoms. The molecular weight excluding hydrogens is 291 g/mol. The highest BCUT2D eigenvalue weighted by molar-refractivity contribution is 5.87. The van der Waals surface area contributed by atoms with E-state index in [1.54, 1.807) is 6.92 Å². The van der Waals surface area contributed by atoms with Crippen molar-refractivity contribution in [2.24, 2.45) is 5.92 Å². The van der Waals surface area contributed by atoms with E-state index in [4.69, 9.17) is 14.3 Å². The topological polar surface area (TPSA) is 72.6 Å². The average Bonchev–Trinajstić information content (AvgIpc) is 2.82. The van der Waals surface area contributed by atoms with Crippen LogP contribution in [-0.4, -0.2) is 28.8 Å². The van der Waals surface area contributed by atoms with E-state index in [-0.39, 0.29) is 31.3 Å². The van der Waals surface area contributed by atoms with Crippen LogP contribution < -0.4 is 4.74 Å². The minimum Gasteiger partial charge on any atom is -0.476 e. The second-order valence-electron chi connectivity index (χ2n) is 4.97. The molecule has 1 aromatic rings. The number of hydrogen-bond donors (Lipinski definition) is 1. The summed E-state index contributed by atoms with van der Waals surface area (Å²) in [4.78, 5) is 14.8. The third kappa shape index (κ3) is 3.30. The number of carboxylic acid groups (broad SMARTS) is 1. The van der Waals surface area contributed by atoms with Crippen LogP contribution in [0.2, 0.25) is 0 Å². The Balaban J connectivity index is 2.34. The lowest BCUT2D eigenvalue weighted by molar-refractivity contribution is -0.188. The summed E-state index contributed by atoms with van der Waals surface area (Å²) in [5.74, 6) is -4.41. The van der Waals surface area contributed by atoms with Crippen LogP contribution in [0.1, 0.15) is 54.9 Å². The molecule has 8 heteroatoms. The molecule has 0 aliphatic heterocycles. The minimum atomic E-state index is -4.35. The van der Waals surface area contributed by atoms with Crippen LogP contribution >= 0.6 is 0 Å². The summed E-state index contributed by atoms with van der Waals surface area (Å²) in [7, 11) is 0. The van der Waals surface area contributed by atoms with Gasteiger partial charge in [0, 0.05) is 5.92 Å². The second-order valence-corrected chi connectivity index (χ2v) is 4.97. The molecule has 2 rings (SSSR count). The molecule has 0 bridgehead atoms. The Hall–Kier alpha value is -1.73. The summed E-state index contributed by atoms with van der Waals surface area (Å²) in [6, 6.07) is 0. The van der Waals surface area contributed by atoms with Gasteiger partial charge in [-0.25, -0.2) is 9.78 Å². The molecule has 2 unspecified atom stereocenters. The first-order chi connectivity index (χ1) is 9.84. The van der Waals surface area contributed by atoms with E-state index in [2.05, 4.69) is 4.98 Å². The van der Waals surface area contributed by atoms with E-state index in [0.29, 0.717) is 12.8 Å². The number of carbonyl (C=O) groups is 1. The first-order valence-corrected chi connectivity index (χ1v) is 6.78. The normalized spacial score (nSPS) is 23.0. The predicted molar refractivity (Wildman–Crippen MR) is 65.4 cm³/mol. The van der Waals surface area contributed by atoms with Crippen molar-refractivity contribution < 1.29 is 32.2 Å². The lowest BCUT2D eigenvalue weighted by Crippen LogP contribution is -2.31. The molecule has 0 aromatic carbocycles. The van der Waals surface area contributed by atoms with Crippen molar-refractivity contribution in [3.05, 3.63) is 11.6 Å². The van der Waals surface area contributed by atoms with E-state index in [9.17, 15) is 18.0 Å². The van der Waals surface area contributed by atoms with Gasteiger partial charge in [-0.15, -0.1) is 0 Å². The van der Waals surface area contributed by atoms with E-state index in [1.165, 1.54) is 0 Å². The van der Waals surface area contributed by atoms with Crippen LogP contribution in [-0.2, 0) is 0 Å². The maximum Gasteiger partial charge on any atom is 0.392 e. The second kappa shape index (κ2) is 5.95.